The molecule has 0 aliphatic carbocycles. The van der Waals surface area contributed by atoms with E-state index in [-0.39, 0.29) is 0 Å². The molecule has 2 aliphatic rings. The van der Waals surface area contributed by atoms with Gasteiger partial charge in [0.25, 0.3) is 0 Å². The number of ether oxygens (including phenoxy) is 1. The van der Waals surface area contributed by atoms with Crippen LogP contribution in [0.1, 0.15) is 18.4 Å². The van der Waals surface area contributed by atoms with Crippen molar-refractivity contribution in [3.63, 3.8) is 0 Å². The molecule has 2 aliphatic heterocycles. The highest BCUT2D eigenvalue weighted by molar-refractivity contribution is 6.29. The minimum Gasteiger partial charge on any atom is -0.371 e. The summed E-state index contributed by atoms with van der Waals surface area (Å²) in [5.41, 5.74) is 0.554. The van der Waals surface area contributed by atoms with Gasteiger partial charge in [0, 0.05) is 13.1 Å². The van der Waals surface area contributed by atoms with Crippen LogP contribution in [0.2, 0.25) is 5.15 Å². The lowest BCUT2D eigenvalue weighted by Crippen LogP contribution is -2.43. The van der Waals surface area contributed by atoms with Crippen molar-refractivity contribution in [2.75, 3.05) is 18.0 Å². The van der Waals surface area contributed by atoms with E-state index in [0.29, 0.717) is 22.9 Å². The first kappa shape index (κ1) is 10.8. The molecule has 0 saturated carbocycles. The van der Waals surface area contributed by atoms with Crippen LogP contribution in [0.15, 0.2) is 12.1 Å². The molecule has 1 aromatic rings. The monoisotopic (exact) mass is 249 g/mol. The maximum absolute atomic E-state index is 8.92. The van der Waals surface area contributed by atoms with Crippen LogP contribution in [0.3, 0.4) is 0 Å². The van der Waals surface area contributed by atoms with E-state index in [1.807, 2.05) is 0 Å². The highest BCUT2D eigenvalue weighted by Gasteiger charge is 2.34. The minimum atomic E-state index is 0.306. The fourth-order valence-corrected chi connectivity index (χ4v) is 2.72. The summed E-state index contributed by atoms with van der Waals surface area (Å²) in [7, 11) is 0. The molecular formula is C12H12ClN3O. The number of pyridine rings is 1. The van der Waals surface area contributed by atoms with Crippen molar-refractivity contribution in [3.05, 3.63) is 22.8 Å². The average molecular weight is 250 g/mol. The van der Waals surface area contributed by atoms with Gasteiger partial charge in [-0.05, 0) is 25.0 Å². The number of anilines is 1. The molecule has 2 bridgehead atoms. The number of rotatable bonds is 1. The molecule has 5 heteroatoms. The van der Waals surface area contributed by atoms with Crippen LogP contribution in [0.5, 0.6) is 0 Å². The zero-order valence-electron chi connectivity index (χ0n) is 9.27. The summed E-state index contributed by atoms with van der Waals surface area (Å²) in [6.45, 7) is 1.68. The lowest BCUT2D eigenvalue weighted by Gasteiger charge is -2.33. The lowest BCUT2D eigenvalue weighted by molar-refractivity contribution is 0.0302. The highest BCUT2D eigenvalue weighted by atomic mass is 35.5. The summed E-state index contributed by atoms with van der Waals surface area (Å²) in [6, 6.07) is 5.47. The highest BCUT2D eigenvalue weighted by Crippen LogP contribution is 2.29. The van der Waals surface area contributed by atoms with Gasteiger partial charge in [-0.3, -0.25) is 0 Å². The van der Waals surface area contributed by atoms with Crippen LogP contribution in [0.4, 0.5) is 5.82 Å². The molecule has 88 valence electrons. The van der Waals surface area contributed by atoms with Gasteiger partial charge in [0.05, 0.1) is 23.8 Å². The molecule has 0 amide bonds. The number of fused-ring (bicyclic) bond motifs is 2. The Labute approximate surface area is 105 Å². The predicted molar refractivity (Wildman–Crippen MR) is 64.1 cm³/mol. The van der Waals surface area contributed by atoms with Gasteiger partial charge in [0.1, 0.15) is 11.0 Å². The van der Waals surface area contributed by atoms with Crippen molar-refractivity contribution in [3.8, 4) is 6.07 Å². The molecule has 2 atom stereocenters. The van der Waals surface area contributed by atoms with Gasteiger partial charge in [-0.2, -0.15) is 5.26 Å². The van der Waals surface area contributed by atoms with Crippen molar-refractivity contribution >= 4 is 17.4 Å². The topological polar surface area (TPSA) is 49.2 Å². The van der Waals surface area contributed by atoms with Gasteiger partial charge in [-0.25, -0.2) is 4.98 Å². The Balaban J connectivity index is 1.89. The minimum absolute atomic E-state index is 0.306. The van der Waals surface area contributed by atoms with E-state index >= 15 is 0 Å². The molecule has 3 heterocycles. The third-order valence-corrected chi connectivity index (χ3v) is 3.47. The van der Waals surface area contributed by atoms with E-state index in [0.717, 1.165) is 31.7 Å². The van der Waals surface area contributed by atoms with Crippen molar-refractivity contribution in [1.82, 2.24) is 4.98 Å². The fraction of sp³-hybridized carbons (Fsp3) is 0.500. The fourth-order valence-electron chi connectivity index (χ4n) is 2.51. The van der Waals surface area contributed by atoms with Crippen LogP contribution in [-0.4, -0.2) is 30.3 Å². The third-order valence-electron chi connectivity index (χ3n) is 3.28. The molecule has 17 heavy (non-hydrogen) atoms. The quantitative estimate of drug-likeness (QED) is 0.714. The normalized spacial score (nSPS) is 26.9. The number of hydrogen-bond donors (Lipinski definition) is 0. The summed E-state index contributed by atoms with van der Waals surface area (Å²) in [5.74, 6) is 0.786. The average Bonchev–Trinajstić information content (AvgIpc) is 2.67. The molecule has 0 radical (unpaired) electrons. The first-order valence-corrected chi connectivity index (χ1v) is 6.10. The number of halogens is 1. The zero-order valence-corrected chi connectivity index (χ0v) is 10.0. The van der Waals surface area contributed by atoms with E-state index in [1.165, 1.54) is 0 Å². The Morgan fingerprint density at radius 1 is 1.35 bits per heavy atom. The van der Waals surface area contributed by atoms with Gasteiger partial charge < -0.3 is 9.64 Å². The van der Waals surface area contributed by atoms with Gasteiger partial charge in [-0.1, -0.05) is 11.6 Å². The Hall–Kier alpha value is -1.31. The largest absolute Gasteiger partial charge is 0.371 e. The Kier molecular flexibility index (Phi) is 2.65. The van der Waals surface area contributed by atoms with E-state index in [9.17, 15) is 0 Å². The van der Waals surface area contributed by atoms with Crippen LogP contribution < -0.4 is 4.90 Å². The SMILES string of the molecule is N#Cc1cc(Cl)nc(N2CC3CCC(C2)O3)c1. The van der Waals surface area contributed by atoms with Crippen LogP contribution in [0, 0.1) is 11.3 Å². The Bertz CT molecular complexity index is 473. The Morgan fingerprint density at radius 2 is 2.06 bits per heavy atom. The summed E-state index contributed by atoms with van der Waals surface area (Å²) >= 11 is 5.92. The molecule has 2 unspecified atom stereocenters. The molecule has 2 saturated heterocycles. The van der Waals surface area contributed by atoms with Crippen LogP contribution >= 0.6 is 11.6 Å². The third kappa shape index (κ3) is 2.08. The Morgan fingerprint density at radius 3 is 2.71 bits per heavy atom. The molecule has 0 aromatic carbocycles. The van der Waals surface area contributed by atoms with E-state index in [2.05, 4.69) is 16.0 Å². The second kappa shape index (κ2) is 4.17. The molecule has 0 N–H and O–H groups in total. The van der Waals surface area contributed by atoms with Crippen molar-refractivity contribution in [2.24, 2.45) is 0 Å². The molecular weight excluding hydrogens is 238 g/mol. The second-order valence-electron chi connectivity index (χ2n) is 4.51. The van der Waals surface area contributed by atoms with E-state index in [4.69, 9.17) is 21.6 Å². The molecule has 0 spiro atoms. The number of aromatic nitrogens is 1. The van der Waals surface area contributed by atoms with Crippen LogP contribution in [-0.2, 0) is 4.74 Å². The van der Waals surface area contributed by atoms with Gasteiger partial charge >= 0.3 is 0 Å². The van der Waals surface area contributed by atoms with Gasteiger partial charge in [-0.15, -0.1) is 0 Å². The van der Waals surface area contributed by atoms with Crippen molar-refractivity contribution in [2.45, 2.75) is 25.0 Å². The number of nitriles is 1. The van der Waals surface area contributed by atoms with Crippen molar-refractivity contribution in [1.29, 1.82) is 5.26 Å². The first-order valence-electron chi connectivity index (χ1n) is 5.72. The smallest absolute Gasteiger partial charge is 0.132 e. The standard InChI is InChI=1S/C12H12ClN3O/c13-11-3-8(5-14)4-12(15-11)16-6-9-1-2-10(7-16)17-9/h3-4,9-10H,1-2,6-7H2. The maximum atomic E-state index is 8.92. The van der Waals surface area contributed by atoms with Gasteiger partial charge in [0.15, 0.2) is 0 Å². The first-order chi connectivity index (χ1) is 8.24. The predicted octanol–water partition coefficient (Wildman–Crippen LogP) is 1.97. The molecule has 2 fully saturated rings. The van der Waals surface area contributed by atoms with Gasteiger partial charge in [0.2, 0.25) is 0 Å². The zero-order chi connectivity index (χ0) is 11.8. The second-order valence-corrected chi connectivity index (χ2v) is 4.90. The van der Waals surface area contributed by atoms with Crippen LogP contribution in [0.25, 0.3) is 0 Å². The summed E-state index contributed by atoms with van der Waals surface area (Å²) < 4.78 is 5.77. The van der Waals surface area contributed by atoms with E-state index in [1.54, 1.807) is 12.1 Å². The molecule has 3 rings (SSSR count). The van der Waals surface area contributed by atoms with E-state index < -0.39 is 0 Å². The molecule has 4 nitrogen and oxygen atoms in total. The summed E-state index contributed by atoms with van der Waals surface area (Å²) in [4.78, 5) is 6.45. The summed E-state index contributed by atoms with van der Waals surface area (Å²) in [5, 5.41) is 9.29. The molecule has 1 aromatic heterocycles. The number of nitrogens with zero attached hydrogens (tertiary/aromatic N) is 3. The summed E-state index contributed by atoms with van der Waals surface area (Å²) in [6.07, 6.45) is 2.85. The van der Waals surface area contributed by atoms with Crippen molar-refractivity contribution < 1.29 is 4.74 Å². The number of morpholine rings is 1. The maximum Gasteiger partial charge on any atom is 0.132 e. The lowest BCUT2D eigenvalue weighted by atomic mass is 10.2. The number of hydrogen-bond acceptors (Lipinski definition) is 4.